The Kier molecular flexibility index (Phi) is 4.33. The van der Waals surface area contributed by atoms with Crippen LogP contribution >= 0.6 is 0 Å². The van der Waals surface area contributed by atoms with Crippen LogP contribution in [0.25, 0.3) is 0 Å². The van der Waals surface area contributed by atoms with Crippen LogP contribution in [0, 0.1) is 0 Å². The van der Waals surface area contributed by atoms with E-state index in [-0.39, 0.29) is 0 Å². The van der Waals surface area contributed by atoms with E-state index >= 15 is 0 Å². The average molecular weight is 179 g/mol. The molecule has 1 aromatic rings. The lowest BCUT2D eigenvalue weighted by molar-refractivity contribution is 0.336. The molecule has 0 aliphatic rings. The minimum Gasteiger partial charge on any atom is -0.494 e. The first kappa shape index (κ1) is 10.1. The van der Waals surface area contributed by atoms with Gasteiger partial charge in [0.15, 0.2) is 0 Å². The molecule has 0 amide bonds. The molecule has 0 atom stereocenters. The molecule has 0 aromatic heterocycles. The first-order chi connectivity index (χ1) is 6.38. The second kappa shape index (κ2) is 5.60. The Labute approximate surface area is 79.9 Å². The smallest absolute Gasteiger partial charge is 0.122 e. The number of ether oxygens (including phenoxy) is 1. The average Bonchev–Trinajstić information content (AvgIpc) is 2.17. The highest BCUT2D eigenvalue weighted by atomic mass is 16.5. The molecule has 0 radical (unpaired) electrons. The van der Waals surface area contributed by atoms with E-state index in [9.17, 15) is 0 Å². The van der Waals surface area contributed by atoms with E-state index in [1.165, 1.54) is 5.56 Å². The highest BCUT2D eigenvalue weighted by Crippen LogP contribution is 2.17. The zero-order chi connectivity index (χ0) is 9.52. The van der Waals surface area contributed by atoms with Crippen molar-refractivity contribution in [1.82, 2.24) is 5.32 Å². The molecule has 0 spiro atoms. The number of hydrogen-bond acceptors (Lipinski definition) is 2. The van der Waals surface area contributed by atoms with Gasteiger partial charge in [-0.1, -0.05) is 18.2 Å². The molecule has 1 rings (SSSR count). The van der Waals surface area contributed by atoms with Crippen molar-refractivity contribution < 1.29 is 4.74 Å². The Balaban J connectivity index is 2.66. The number of likely N-dealkylation sites (N-methyl/N-ethyl adjacent to an activating group) is 1. The minimum absolute atomic E-state index is 0.733. The van der Waals surface area contributed by atoms with Gasteiger partial charge in [-0.15, -0.1) is 0 Å². The van der Waals surface area contributed by atoms with Gasteiger partial charge in [0, 0.05) is 0 Å². The normalized spacial score (nSPS) is 10.0. The van der Waals surface area contributed by atoms with Gasteiger partial charge >= 0.3 is 0 Å². The van der Waals surface area contributed by atoms with Crippen LogP contribution in [0.4, 0.5) is 0 Å². The molecule has 0 fully saturated rings. The quantitative estimate of drug-likeness (QED) is 0.744. The molecule has 0 saturated heterocycles. The van der Waals surface area contributed by atoms with E-state index in [2.05, 4.69) is 11.4 Å². The fourth-order valence-electron chi connectivity index (χ4n) is 1.27. The highest BCUT2D eigenvalue weighted by Gasteiger charge is 2.00. The third kappa shape index (κ3) is 3.07. The Hall–Kier alpha value is -1.02. The lowest BCUT2D eigenvalue weighted by Gasteiger charge is -2.09. The number of rotatable bonds is 5. The lowest BCUT2D eigenvalue weighted by atomic mass is 10.1. The first-order valence-electron chi connectivity index (χ1n) is 4.73. The topological polar surface area (TPSA) is 21.3 Å². The summed E-state index contributed by atoms with van der Waals surface area (Å²) in [6.45, 7) is 3.73. The fourth-order valence-corrected chi connectivity index (χ4v) is 1.27. The molecule has 0 heterocycles. The Morgan fingerprint density at radius 2 is 2.08 bits per heavy atom. The molecule has 0 unspecified atom stereocenters. The van der Waals surface area contributed by atoms with Crippen LogP contribution in [0.5, 0.6) is 5.75 Å². The summed E-state index contributed by atoms with van der Waals surface area (Å²) in [5.74, 6) is 1.01. The van der Waals surface area contributed by atoms with Gasteiger partial charge in [-0.05, 0) is 38.6 Å². The van der Waals surface area contributed by atoms with Crippen LogP contribution in [0.1, 0.15) is 12.5 Å². The maximum atomic E-state index is 5.51. The summed E-state index contributed by atoms with van der Waals surface area (Å²) in [5.41, 5.74) is 1.28. The molecule has 1 aromatic carbocycles. The second-order valence-corrected chi connectivity index (χ2v) is 2.89. The van der Waals surface area contributed by atoms with Gasteiger partial charge in [-0.2, -0.15) is 0 Å². The van der Waals surface area contributed by atoms with E-state index in [0.717, 1.165) is 25.3 Å². The van der Waals surface area contributed by atoms with Crippen molar-refractivity contribution in [2.24, 2.45) is 0 Å². The van der Waals surface area contributed by atoms with E-state index in [1.54, 1.807) is 0 Å². The van der Waals surface area contributed by atoms with Gasteiger partial charge in [-0.25, -0.2) is 0 Å². The monoisotopic (exact) mass is 179 g/mol. The predicted octanol–water partition coefficient (Wildman–Crippen LogP) is 1.85. The van der Waals surface area contributed by atoms with Gasteiger partial charge in [0.1, 0.15) is 5.75 Å². The zero-order valence-corrected chi connectivity index (χ0v) is 8.34. The van der Waals surface area contributed by atoms with Crippen molar-refractivity contribution in [2.45, 2.75) is 13.3 Å². The first-order valence-corrected chi connectivity index (χ1v) is 4.73. The summed E-state index contributed by atoms with van der Waals surface area (Å²) in [6, 6.07) is 8.19. The highest BCUT2D eigenvalue weighted by molar-refractivity contribution is 5.33. The summed E-state index contributed by atoms with van der Waals surface area (Å²) in [4.78, 5) is 0. The Morgan fingerprint density at radius 1 is 1.31 bits per heavy atom. The lowest BCUT2D eigenvalue weighted by Crippen LogP contribution is -2.11. The van der Waals surface area contributed by atoms with Gasteiger partial charge in [0.05, 0.1) is 6.61 Å². The van der Waals surface area contributed by atoms with Gasteiger partial charge in [0.25, 0.3) is 0 Å². The zero-order valence-electron chi connectivity index (χ0n) is 8.34. The van der Waals surface area contributed by atoms with E-state index in [0.29, 0.717) is 0 Å². The van der Waals surface area contributed by atoms with Crippen molar-refractivity contribution in [3.05, 3.63) is 29.8 Å². The summed E-state index contributed by atoms with van der Waals surface area (Å²) in [6.07, 6.45) is 1.02. The van der Waals surface area contributed by atoms with Crippen molar-refractivity contribution in [3.8, 4) is 5.75 Å². The van der Waals surface area contributed by atoms with Crippen LogP contribution < -0.4 is 10.1 Å². The molecular formula is C11H17NO. The maximum Gasteiger partial charge on any atom is 0.122 e. The third-order valence-electron chi connectivity index (χ3n) is 1.92. The van der Waals surface area contributed by atoms with Crippen molar-refractivity contribution in [3.63, 3.8) is 0 Å². The molecule has 72 valence electrons. The Bertz CT molecular complexity index is 248. The second-order valence-electron chi connectivity index (χ2n) is 2.89. The van der Waals surface area contributed by atoms with Gasteiger partial charge in [-0.3, -0.25) is 0 Å². The maximum absolute atomic E-state index is 5.51. The van der Waals surface area contributed by atoms with Crippen LogP contribution in [0.2, 0.25) is 0 Å². The molecule has 2 nitrogen and oxygen atoms in total. The fraction of sp³-hybridized carbons (Fsp3) is 0.455. The van der Waals surface area contributed by atoms with Crippen molar-refractivity contribution in [2.75, 3.05) is 20.2 Å². The molecule has 13 heavy (non-hydrogen) atoms. The molecule has 0 saturated carbocycles. The largest absolute Gasteiger partial charge is 0.494 e. The SMILES string of the molecule is CCOc1ccccc1CCNC. The number of para-hydroxylation sites is 1. The van der Waals surface area contributed by atoms with Crippen LogP contribution in [0.15, 0.2) is 24.3 Å². The molecule has 0 bridgehead atoms. The molecule has 0 aliphatic carbocycles. The summed E-state index contributed by atoms with van der Waals surface area (Å²) in [7, 11) is 1.96. The van der Waals surface area contributed by atoms with Gasteiger partial charge in [0.2, 0.25) is 0 Å². The van der Waals surface area contributed by atoms with E-state index in [1.807, 2.05) is 32.2 Å². The summed E-state index contributed by atoms with van der Waals surface area (Å²) in [5, 5.41) is 3.13. The van der Waals surface area contributed by atoms with Gasteiger partial charge < -0.3 is 10.1 Å². The predicted molar refractivity (Wildman–Crippen MR) is 55.2 cm³/mol. The van der Waals surface area contributed by atoms with Crippen LogP contribution in [-0.4, -0.2) is 20.2 Å². The Morgan fingerprint density at radius 3 is 2.77 bits per heavy atom. The van der Waals surface area contributed by atoms with E-state index in [4.69, 9.17) is 4.74 Å². The van der Waals surface area contributed by atoms with Crippen LogP contribution in [0.3, 0.4) is 0 Å². The standard InChI is InChI=1S/C11H17NO/c1-3-13-11-7-5-4-6-10(11)8-9-12-2/h4-7,12H,3,8-9H2,1-2H3. The number of benzene rings is 1. The van der Waals surface area contributed by atoms with Crippen molar-refractivity contribution in [1.29, 1.82) is 0 Å². The summed E-state index contributed by atoms with van der Waals surface area (Å²) >= 11 is 0. The van der Waals surface area contributed by atoms with Crippen molar-refractivity contribution >= 4 is 0 Å². The van der Waals surface area contributed by atoms with Crippen LogP contribution in [-0.2, 0) is 6.42 Å². The molecule has 2 heteroatoms. The molecule has 0 aliphatic heterocycles. The minimum atomic E-state index is 0.733. The third-order valence-corrected chi connectivity index (χ3v) is 1.92. The number of hydrogen-bond donors (Lipinski definition) is 1. The van der Waals surface area contributed by atoms with E-state index < -0.39 is 0 Å². The molecular weight excluding hydrogens is 162 g/mol. The number of nitrogens with one attached hydrogen (secondary N) is 1. The summed E-state index contributed by atoms with van der Waals surface area (Å²) < 4.78 is 5.51. The molecule has 1 N–H and O–H groups in total.